The number of halogens is 2. The molecule has 0 unspecified atom stereocenters. The van der Waals surface area contributed by atoms with E-state index in [1.54, 1.807) is 29.2 Å². The van der Waals surface area contributed by atoms with Crippen molar-refractivity contribution in [2.75, 3.05) is 6.54 Å². The maximum Gasteiger partial charge on any atom is 0.228 e. The van der Waals surface area contributed by atoms with Gasteiger partial charge in [0, 0.05) is 23.6 Å². The van der Waals surface area contributed by atoms with Crippen LogP contribution in [0.25, 0.3) is 11.4 Å². The van der Waals surface area contributed by atoms with Crippen LogP contribution in [-0.4, -0.2) is 27.5 Å². The normalized spacial score (nSPS) is 11.8. The van der Waals surface area contributed by atoms with Gasteiger partial charge in [0.15, 0.2) is 0 Å². The first kappa shape index (κ1) is 22.7. The van der Waals surface area contributed by atoms with Crippen LogP contribution < -0.4 is 0 Å². The van der Waals surface area contributed by atoms with Gasteiger partial charge in [-0.05, 0) is 42.3 Å². The zero-order valence-corrected chi connectivity index (χ0v) is 18.9. The molecule has 0 N–H and O–H groups in total. The summed E-state index contributed by atoms with van der Waals surface area (Å²) in [5, 5.41) is 4.64. The molecule has 5 nitrogen and oxygen atoms in total. The third-order valence-electron chi connectivity index (χ3n) is 5.46. The van der Waals surface area contributed by atoms with Gasteiger partial charge in [-0.15, -0.1) is 0 Å². The average molecular weight is 464 g/mol. The van der Waals surface area contributed by atoms with Gasteiger partial charge in [-0.25, -0.2) is 4.39 Å². The summed E-state index contributed by atoms with van der Waals surface area (Å²) in [6.07, 6.45) is 0.578. The zero-order chi connectivity index (χ0) is 23.2. The fraction of sp³-hybridized carbons (Fsp3) is 0.192. The van der Waals surface area contributed by atoms with E-state index in [-0.39, 0.29) is 24.2 Å². The Labute approximate surface area is 196 Å². The molecule has 1 amide bonds. The lowest BCUT2D eigenvalue weighted by molar-refractivity contribution is -0.132. The molecule has 0 fully saturated rings. The van der Waals surface area contributed by atoms with Gasteiger partial charge in [-0.2, -0.15) is 4.98 Å². The van der Waals surface area contributed by atoms with E-state index in [9.17, 15) is 9.18 Å². The van der Waals surface area contributed by atoms with Crippen LogP contribution in [0, 0.1) is 5.82 Å². The van der Waals surface area contributed by atoms with Gasteiger partial charge < -0.3 is 9.42 Å². The van der Waals surface area contributed by atoms with Crippen LogP contribution in [0.4, 0.5) is 4.39 Å². The SMILES string of the molecule is C[C@H](c1ccccc1)N(CCc1nc(-c2cccc(Cl)c2)no1)C(=O)Cc1ccc(F)cc1. The van der Waals surface area contributed by atoms with E-state index in [2.05, 4.69) is 10.1 Å². The molecule has 168 valence electrons. The van der Waals surface area contributed by atoms with Crippen molar-refractivity contribution in [1.82, 2.24) is 15.0 Å². The molecule has 0 radical (unpaired) electrons. The van der Waals surface area contributed by atoms with Crippen molar-refractivity contribution in [3.05, 3.63) is 107 Å². The lowest BCUT2D eigenvalue weighted by atomic mass is 10.0. The Bertz CT molecular complexity index is 1210. The number of hydrogen-bond acceptors (Lipinski definition) is 4. The third kappa shape index (κ3) is 5.84. The highest BCUT2D eigenvalue weighted by Gasteiger charge is 2.23. The third-order valence-corrected chi connectivity index (χ3v) is 5.69. The summed E-state index contributed by atoms with van der Waals surface area (Å²) >= 11 is 6.06. The fourth-order valence-electron chi connectivity index (χ4n) is 3.64. The van der Waals surface area contributed by atoms with E-state index >= 15 is 0 Å². The Morgan fingerprint density at radius 1 is 1.06 bits per heavy atom. The number of nitrogens with zero attached hydrogens (tertiary/aromatic N) is 3. The highest BCUT2D eigenvalue weighted by Crippen LogP contribution is 2.23. The Kier molecular flexibility index (Phi) is 7.15. The molecule has 4 rings (SSSR count). The molecule has 33 heavy (non-hydrogen) atoms. The topological polar surface area (TPSA) is 59.2 Å². The van der Waals surface area contributed by atoms with Crippen molar-refractivity contribution in [2.45, 2.75) is 25.8 Å². The number of carbonyl (C=O) groups is 1. The summed E-state index contributed by atoms with van der Waals surface area (Å²) in [6, 6.07) is 22.9. The maximum absolute atomic E-state index is 13.3. The minimum atomic E-state index is -0.326. The van der Waals surface area contributed by atoms with Crippen molar-refractivity contribution in [2.24, 2.45) is 0 Å². The summed E-state index contributed by atoms with van der Waals surface area (Å²) in [5.74, 6) is 0.498. The summed E-state index contributed by atoms with van der Waals surface area (Å²) in [6.45, 7) is 2.39. The number of amides is 1. The van der Waals surface area contributed by atoms with Crippen molar-refractivity contribution in [1.29, 1.82) is 0 Å². The Balaban J connectivity index is 1.51. The largest absolute Gasteiger partial charge is 0.339 e. The second-order valence-corrected chi connectivity index (χ2v) is 8.19. The van der Waals surface area contributed by atoms with E-state index < -0.39 is 0 Å². The highest BCUT2D eigenvalue weighted by molar-refractivity contribution is 6.30. The molecule has 1 aromatic heterocycles. The van der Waals surface area contributed by atoms with Crippen molar-refractivity contribution >= 4 is 17.5 Å². The van der Waals surface area contributed by atoms with Crippen LogP contribution in [0.2, 0.25) is 5.02 Å². The first-order valence-corrected chi connectivity index (χ1v) is 11.0. The van der Waals surface area contributed by atoms with Crippen LogP contribution >= 0.6 is 11.6 Å². The van der Waals surface area contributed by atoms with Crippen LogP contribution in [-0.2, 0) is 17.6 Å². The monoisotopic (exact) mass is 463 g/mol. The van der Waals surface area contributed by atoms with Crippen LogP contribution in [0.1, 0.15) is 30.0 Å². The van der Waals surface area contributed by atoms with Gasteiger partial charge in [0.05, 0.1) is 12.5 Å². The molecule has 0 aliphatic heterocycles. The Morgan fingerprint density at radius 3 is 2.55 bits per heavy atom. The molecule has 3 aromatic carbocycles. The van der Waals surface area contributed by atoms with Crippen LogP contribution in [0.15, 0.2) is 83.4 Å². The number of carbonyl (C=O) groups excluding carboxylic acids is 1. The van der Waals surface area contributed by atoms with E-state index in [0.717, 1.165) is 16.7 Å². The van der Waals surface area contributed by atoms with Crippen molar-refractivity contribution in [3.8, 4) is 11.4 Å². The first-order valence-electron chi connectivity index (χ1n) is 10.7. The van der Waals surface area contributed by atoms with Crippen LogP contribution in [0.5, 0.6) is 0 Å². The molecule has 4 aromatic rings. The summed E-state index contributed by atoms with van der Waals surface area (Å²) < 4.78 is 18.7. The fourth-order valence-corrected chi connectivity index (χ4v) is 3.83. The minimum Gasteiger partial charge on any atom is -0.339 e. The lowest BCUT2D eigenvalue weighted by Crippen LogP contribution is -2.36. The summed E-state index contributed by atoms with van der Waals surface area (Å²) in [4.78, 5) is 19.5. The average Bonchev–Trinajstić information content (AvgIpc) is 3.30. The molecule has 1 heterocycles. The van der Waals surface area contributed by atoms with Gasteiger partial charge in [-0.3, -0.25) is 4.79 Å². The molecular weight excluding hydrogens is 441 g/mol. The predicted molar refractivity (Wildman–Crippen MR) is 125 cm³/mol. The molecule has 0 bridgehead atoms. The number of aromatic nitrogens is 2. The molecular formula is C26H23ClFN3O2. The van der Waals surface area contributed by atoms with E-state index in [1.165, 1.54) is 12.1 Å². The van der Waals surface area contributed by atoms with Crippen LogP contribution in [0.3, 0.4) is 0 Å². The number of hydrogen-bond donors (Lipinski definition) is 0. The van der Waals surface area contributed by atoms with Gasteiger partial charge in [0.25, 0.3) is 0 Å². The Morgan fingerprint density at radius 2 is 1.82 bits per heavy atom. The predicted octanol–water partition coefficient (Wildman–Crippen LogP) is 5.90. The summed E-state index contributed by atoms with van der Waals surface area (Å²) in [5.41, 5.74) is 2.54. The minimum absolute atomic E-state index is 0.0625. The number of benzene rings is 3. The quantitative estimate of drug-likeness (QED) is 0.326. The molecule has 0 spiro atoms. The second-order valence-electron chi connectivity index (χ2n) is 7.75. The van der Waals surface area contributed by atoms with Crippen molar-refractivity contribution < 1.29 is 13.7 Å². The Hall–Kier alpha value is -3.51. The van der Waals surface area contributed by atoms with Crippen molar-refractivity contribution in [3.63, 3.8) is 0 Å². The first-order chi connectivity index (χ1) is 16.0. The van der Waals surface area contributed by atoms with Gasteiger partial charge >= 0.3 is 0 Å². The van der Waals surface area contributed by atoms with E-state index in [4.69, 9.17) is 16.1 Å². The van der Waals surface area contributed by atoms with Gasteiger partial charge in [0.1, 0.15) is 5.82 Å². The second kappa shape index (κ2) is 10.4. The maximum atomic E-state index is 13.3. The lowest BCUT2D eigenvalue weighted by Gasteiger charge is -2.29. The smallest absolute Gasteiger partial charge is 0.228 e. The molecule has 1 atom stereocenters. The van der Waals surface area contributed by atoms with E-state index in [1.807, 2.05) is 49.4 Å². The number of rotatable bonds is 8. The molecule has 0 saturated carbocycles. The van der Waals surface area contributed by atoms with E-state index in [0.29, 0.717) is 29.7 Å². The zero-order valence-electron chi connectivity index (χ0n) is 18.1. The molecule has 0 aliphatic rings. The standard InChI is InChI=1S/C26H23ClFN3O2/c1-18(20-6-3-2-4-7-20)31(25(32)16-19-10-12-23(28)13-11-19)15-14-24-29-26(30-33-24)21-8-5-9-22(27)17-21/h2-13,17-18H,14-16H2,1H3/t18-/m1/s1. The molecule has 0 saturated heterocycles. The molecule has 0 aliphatic carbocycles. The molecule has 7 heteroatoms. The van der Waals surface area contributed by atoms with Gasteiger partial charge in [0.2, 0.25) is 17.6 Å². The summed E-state index contributed by atoms with van der Waals surface area (Å²) in [7, 11) is 0. The highest BCUT2D eigenvalue weighted by atomic mass is 35.5. The van der Waals surface area contributed by atoms with Gasteiger partial charge in [-0.1, -0.05) is 71.4 Å².